The average molecular weight is 207 g/mol. The van der Waals surface area contributed by atoms with Crippen molar-refractivity contribution in [3.05, 3.63) is 28.4 Å². The number of aromatic nitrogens is 2. The third-order valence-electron chi connectivity index (χ3n) is 3.12. The van der Waals surface area contributed by atoms with Crippen LogP contribution >= 0.6 is 0 Å². The van der Waals surface area contributed by atoms with Gasteiger partial charge in [-0.15, -0.1) is 0 Å². The Kier molecular flexibility index (Phi) is 2.61. The van der Waals surface area contributed by atoms with E-state index in [1.807, 2.05) is 13.1 Å². The first kappa shape index (κ1) is 10.4. The molecule has 1 aliphatic rings. The standard InChI is InChI=1S/C11H17N3O/c1-9-6-13-10(15)14(7-9)8-11(2-3-11)4-5-12/h6-7H,2-5,8,12H2,1H3. The third-order valence-corrected chi connectivity index (χ3v) is 3.12. The number of aryl methyl sites for hydroxylation is 1. The molecule has 2 rings (SSSR count). The molecule has 0 amide bonds. The minimum atomic E-state index is -0.149. The molecule has 0 aliphatic heterocycles. The van der Waals surface area contributed by atoms with Gasteiger partial charge >= 0.3 is 5.69 Å². The van der Waals surface area contributed by atoms with Crippen molar-refractivity contribution in [3.8, 4) is 0 Å². The zero-order valence-corrected chi connectivity index (χ0v) is 9.07. The van der Waals surface area contributed by atoms with Crippen LogP contribution in [0.5, 0.6) is 0 Å². The molecule has 0 aromatic carbocycles. The maximum absolute atomic E-state index is 11.5. The van der Waals surface area contributed by atoms with Gasteiger partial charge in [0, 0.05) is 18.9 Å². The molecule has 4 nitrogen and oxygen atoms in total. The molecular weight excluding hydrogens is 190 g/mol. The molecule has 1 heterocycles. The lowest BCUT2D eigenvalue weighted by Gasteiger charge is -2.15. The monoisotopic (exact) mass is 207 g/mol. The highest BCUT2D eigenvalue weighted by Gasteiger charge is 2.42. The first-order valence-corrected chi connectivity index (χ1v) is 5.38. The zero-order valence-electron chi connectivity index (χ0n) is 9.07. The second kappa shape index (κ2) is 3.77. The Morgan fingerprint density at radius 3 is 2.93 bits per heavy atom. The highest BCUT2D eigenvalue weighted by molar-refractivity contribution is 5.02. The summed E-state index contributed by atoms with van der Waals surface area (Å²) in [6.07, 6.45) is 6.87. The van der Waals surface area contributed by atoms with E-state index in [2.05, 4.69) is 4.98 Å². The molecule has 0 radical (unpaired) electrons. The van der Waals surface area contributed by atoms with E-state index in [0.29, 0.717) is 6.54 Å². The molecule has 1 aromatic heterocycles. The lowest BCUT2D eigenvalue weighted by molar-refractivity contribution is 0.387. The van der Waals surface area contributed by atoms with Crippen LogP contribution in [0.4, 0.5) is 0 Å². The van der Waals surface area contributed by atoms with Crippen molar-refractivity contribution in [3.63, 3.8) is 0 Å². The van der Waals surface area contributed by atoms with Crippen molar-refractivity contribution in [2.45, 2.75) is 32.7 Å². The van der Waals surface area contributed by atoms with Crippen LogP contribution in [0, 0.1) is 12.3 Å². The van der Waals surface area contributed by atoms with Crippen LogP contribution in [-0.4, -0.2) is 16.1 Å². The summed E-state index contributed by atoms with van der Waals surface area (Å²) in [5.74, 6) is 0. The molecule has 1 fully saturated rings. The van der Waals surface area contributed by atoms with E-state index in [4.69, 9.17) is 5.73 Å². The summed E-state index contributed by atoms with van der Waals surface area (Å²) in [7, 11) is 0. The predicted molar refractivity (Wildman–Crippen MR) is 58.6 cm³/mol. The lowest BCUT2D eigenvalue weighted by atomic mass is 10.0. The van der Waals surface area contributed by atoms with Crippen LogP contribution in [0.15, 0.2) is 17.2 Å². The second-order valence-corrected chi connectivity index (χ2v) is 4.58. The molecule has 2 N–H and O–H groups in total. The van der Waals surface area contributed by atoms with Crippen molar-refractivity contribution in [2.24, 2.45) is 11.1 Å². The van der Waals surface area contributed by atoms with E-state index < -0.39 is 0 Å². The quantitative estimate of drug-likeness (QED) is 0.789. The Labute approximate surface area is 89.1 Å². The number of hydrogen-bond donors (Lipinski definition) is 1. The summed E-state index contributed by atoms with van der Waals surface area (Å²) in [5.41, 5.74) is 6.74. The molecule has 1 aliphatic carbocycles. The van der Waals surface area contributed by atoms with Crippen molar-refractivity contribution in [1.82, 2.24) is 9.55 Å². The zero-order chi connectivity index (χ0) is 10.9. The van der Waals surface area contributed by atoms with Gasteiger partial charge in [-0.3, -0.25) is 4.57 Å². The van der Waals surface area contributed by atoms with Crippen LogP contribution in [0.2, 0.25) is 0 Å². The van der Waals surface area contributed by atoms with Crippen molar-refractivity contribution >= 4 is 0 Å². The Morgan fingerprint density at radius 1 is 1.60 bits per heavy atom. The fourth-order valence-corrected chi connectivity index (χ4v) is 2.01. The highest BCUT2D eigenvalue weighted by Crippen LogP contribution is 2.49. The van der Waals surface area contributed by atoms with Crippen molar-refractivity contribution in [1.29, 1.82) is 0 Å². The van der Waals surface area contributed by atoms with Crippen LogP contribution < -0.4 is 11.4 Å². The Bertz CT molecular complexity index is 407. The van der Waals surface area contributed by atoms with Crippen molar-refractivity contribution < 1.29 is 0 Å². The molecule has 1 aromatic rings. The second-order valence-electron chi connectivity index (χ2n) is 4.58. The first-order valence-electron chi connectivity index (χ1n) is 5.38. The maximum atomic E-state index is 11.5. The summed E-state index contributed by atoms with van der Waals surface area (Å²) in [6.45, 7) is 3.43. The SMILES string of the molecule is Cc1cnc(=O)n(CC2(CCN)CC2)c1. The molecule has 0 saturated heterocycles. The third kappa shape index (κ3) is 2.26. The molecule has 1 saturated carbocycles. The topological polar surface area (TPSA) is 60.9 Å². The van der Waals surface area contributed by atoms with Gasteiger partial charge in [0.25, 0.3) is 0 Å². The summed E-state index contributed by atoms with van der Waals surface area (Å²) in [6, 6.07) is 0. The normalized spacial score (nSPS) is 17.7. The van der Waals surface area contributed by atoms with Gasteiger partial charge in [0.05, 0.1) is 0 Å². The molecule has 0 spiro atoms. The molecular formula is C11H17N3O. The van der Waals surface area contributed by atoms with Gasteiger partial charge in [-0.25, -0.2) is 9.78 Å². The van der Waals surface area contributed by atoms with E-state index >= 15 is 0 Å². The van der Waals surface area contributed by atoms with E-state index in [1.54, 1.807) is 10.8 Å². The maximum Gasteiger partial charge on any atom is 0.347 e. The van der Waals surface area contributed by atoms with Gasteiger partial charge < -0.3 is 5.73 Å². The molecule has 82 valence electrons. The Hall–Kier alpha value is -1.16. The van der Waals surface area contributed by atoms with Gasteiger partial charge in [0.15, 0.2) is 0 Å². The molecule has 0 atom stereocenters. The number of rotatable bonds is 4. The van der Waals surface area contributed by atoms with Gasteiger partial charge in [-0.2, -0.15) is 0 Å². The smallest absolute Gasteiger partial charge is 0.330 e. The number of hydrogen-bond acceptors (Lipinski definition) is 3. The number of nitrogens with two attached hydrogens (primary N) is 1. The molecule has 15 heavy (non-hydrogen) atoms. The Balaban J connectivity index is 2.17. The van der Waals surface area contributed by atoms with Crippen LogP contribution in [-0.2, 0) is 6.54 Å². The molecule has 0 bridgehead atoms. The van der Waals surface area contributed by atoms with E-state index in [1.165, 1.54) is 12.8 Å². The van der Waals surface area contributed by atoms with Crippen molar-refractivity contribution in [2.75, 3.05) is 6.54 Å². The van der Waals surface area contributed by atoms with Gasteiger partial charge in [-0.1, -0.05) is 0 Å². The van der Waals surface area contributed by atoms with E-state index in [0.717, 1.165) is 18.5 Å². The van der Waals surface area contributed by atoms with Gasteiger partial charge in [0.2, 0.25) is 0 Å². The fraction of sp³-hybridized carbons (Fsp3) is 0.636. The van der Waals surface area contributed by atoms with Gasteiger partial charge in [-0.05, 0) is 43.7 Å². The summed E-state index contributed by atoms with van der Waals surface area (Å²) in [5, 5.41) is 0. The predicted octanol–water partition coefficient (Wildman–Crippen LogP) is 0.681. The summed E-state index contributed by atoms with van der Waals surface area (Å²) < 4.78 is 1.72. The van der Waals surface area contributed by atoms with Crippen LogP contribution in [0.25, 0.3) is 0 Å². The Morgan fingerprint density at radius 2 is 2.33 bits per heavy atom. The molecule has 4 heteroatoms. The lowest BCUT2D eigenvalue weighted by Crippen LogP contribution is -2.27. The summed E-state index contributed by atoms with van der Waals surface area (Å²) in [4.78, 5) is 15.3. The minimum Gasteiger partial charge on any atom is -0.330 e. The highest BCUT2D eigenvalue weighted by atomic mass is 16.1. The summed E-state index contributed by atoms with van der Waals surface area (Å²) >= 11 is 0. The average Bonchev–Trinajstić information content (AvgIpc) is 2.92. The fourth-order valence-electron chi connectivity index (χ4n) is 2.01. The van der Waals surface area contributed by atoms with Crippen LogP contribution in [0.1, 0.15) is 24.8 Å². The minimum absolute atomic E-state index is 0.149. The van der Waals surface area contributed by atoms with Crippen LogP contribution in [0.3, 0.4) is 0 Å². The number of nitrogens with zero attached hydrogens (tertiary/aromatic N) is 2. The van der Waals surface area contributed by atoms with E-state index in [9.17, 15) is 4.79 Å². The van der Waals surface area contributed by atoms with Gasteiger partial charge in [0.1, 0.15) is 0 Å². The first-order chi connectivity index (χ1) is 7.15. The van der Waals surface area contributed by atoms with E-state index in [-0.39, 0.29) is 11.1 Å². The molecule has 0 unspecified atom stereocenters. The largest absolute Gasteiger partial charge is 0.347 e.